The number of carbonyl (C=O) groups is 1. The van der Waals surface area contributed by atoms with E-state index in [0.717, 1.165) is 17.7 Å². The molecule has 0 saturated carbocycles. The molecule has 2 aromatic carbocycles. The van der Waals surface area contributed by atoms with Crippen molar-refractivity contribution in [2.24, 2.45) is 5.92 Å². The predicted octanol–water partition coefficient (Wildman–Crippen LogP) is 7.87. The third-order valence-electron chi connectivity index (χ3n) is 6.39. The summed E-state index contributed by atoms with van der Waals surface area (Å²) in [7, 11) is 0. The second-order valence-corrected chi connectivity index (χ2v) is 11.2. The first kappa shape index (κ1) is 35.7. The summed E-state index contributed by atoms with van der Waals surface area (Å²) >= 11 is 0. The Kier molecular flexibility index (Phi) is 13.4. The van der Waals surface area contributed by atoms with Crippen LogP contribution in [-0.4, -0.2) is 49.0 Å². The van der Waals surface area contributed by atoms with E-state index in [-0.39, 0.29) is 38.8 Å². The molecule has 2 rings (SSSR count). The van der Waals surface area contributed by atoms with Gasteiger partial charge in [-0.25, -0.2) is 0 Å². The van der Waals surface area contributed by atoms with Crippen LogP contribution < -0.4 is 0 Å². The lowest BCUT2D eigenvalue weighted by atomic mass is 9.91. The molecule has 0 saturated heterocycles. The Bertz CT molecular complexity index is 1050. The normalized spacial score (nSPS) is 14.3. The van der Waals surface area contributed by atoms with Gasteiger partial charge in [0, 0.05) is 25.4 Å². The summed E-state index contributed by atoms with van der Waals surface area (Å²) in [5.41, 5.74) is 0.142. The molecule has 0 bridgehead atoms. The molecule has 0 spiro atoms. The van der Waals surface area contributed by atoms with Gasteiger partial charge in [-0.3, -0.25) is 9.63 Å². The minimum absolute atomic E-state index is 0.0378. The fourth-order valence-corrected chi connectivity index (χ4v) is 4.63. The Labute approximate surface area is 248 Å². The number of carbonyl (C=O) groups excluding carboxylic acids is 1. The summed E-state index contributed by atoms with van der Waals surface area (Å²) in [5.74, 6) is -2.19. The van der Waals surface area contributed by atoms with Crippen molar-refractivity contribution in [1.29, 1.82) is 0 Å². The summed E-state index contributed by atoms with van der Waals surface area (Å²) in [5, 5.41) is 1.79. The van der Waals surface area contributed by atoms with Gasteiger partial charge in [-0.2, -0.15) is 18.2 Å². The van der Waals surface area contributed by atoms with Gasteiger partial charge in [-0.05, 0) is 70.7 Å². The third kappa shape index (κ3) is 10.3. The number of halogens is 3. The number of ether oxygens (including phenoxy) is 4. The third-order valence-corrected chi connectivity index (χ3v) is 6.39. The van der Waals surface area contributed by atoms with Crippen molar-refractivity contribution in [3.8, 4) is 0 Å². The number of nitrogens with zero attached hydrogens (tertiary/aromatic N) is 1. The van der Waals surface area contributed by atoms with Crippen LogP contribution in [0.2, 0.25) is 0 Å². The first-order valence-electron chi connectivity index (χ1n) is 14.4. The van der Waals surface area contributed by atoms with Gasteiger partial charge >= 0.3 is 12.1 Å². The number of hydrogen-bond acceptors (Lipinski definition) is 7. The maximum Gasteiger partial charge on any atom is 0.416 e. The van der Waals surface area contributed by atoms with E-state index in [1.807, 2.05) is 65.0 Å². The highest BCUT2D eigenvalue weighted by molar-refractivity contribution is 5.70. The Morgan fingerprint density at radius 1 is 0.810 bits per heavy atom. The van der Waals surface area contributed by atoms with Crippen molar-refractivity contribution in [3.05, 3.63) is 71.3 Å². The Morgan fingerprint density at radius 3 is 1.76 bits per heavy atom. The van der Waals surface area contributed by atoms with E-state index in [2.05, 4.69) is 0 Å². The van der Waals surface area contributed by atoms with Gasteiger partial charge in [0.15, 0.2) is 0 Å². The van der Waals surface area contributed by atoms with Gasteiger partial charge < -0.3 is 18.9 Å². The fourth-order valence-electron chi connectivity index (χ4n) is 4.63. The molecule has 0 fully saturated rings. The lowest BCUT2D eigenvalue weighted by Crippen LogP contribution is -2.47. The van der Waals surface area contributed by atoms with E-state index in [4.69, 9.17) is 23.8 Å². The molecule has 0 aliphatic heterocycles. The quantitative estimate of drug-likeness (QED) is 0.111. The lowest BCUT2D eigenvalue weighted by Gasteiger charge is -2.44. The molecule has 0 aliphatic carbocycles. The fraction of sp³-hybridized carbons (Fsp3) is 0.594. The van der Waals surface area contributed by atoms with Crippen LogP contribution in [0.25, 0.3) is 0 Å². The molecule has 2 unspecified atom stereocenters. The van der Waals surface area contributed by atoms with Gasteiger partial charge in [0.1, 0.15) is 19.1 Å². The minimum atomic E-state index is -4.43. The summed E-state index contributed by atoms with van der Waals surface area (Å²) in [6, 6.07) is 14.1. The average molecular weight is 598 g/mol. The van der Waals surface area contributed by atoms with Gasteiger partial charge in [0.25, 0.3) is 5.97 Å². The zero-order valence-electron chi connectivity index (χ0n) is 26.0. The van der Waals surface area contributed by atoms with Crippen molar-refractivity contribution in [2.75, 3.05) is 26.4 Å². The van der Waals surface area contributed by atoms with E-state index < -0.39 is 41.4 Å². The average Bonchev–Trinajstić information content (AvgIpc) is 2.90. The van der Waals surface area contributed by atoms with E-state index in [1.54, 1.807) is 25.8 Å². The van der Waals surface area contributed by atoms with Crippen molar-refractivity contribution >= 4 is 5.97 Å². The summed E-state index contributed by atoms with van der Waals surface area (Å²) in [6.45, 7) is 15.9. The first-order valence-corrected chi connectivity index (χ1v) is 14.4. The largest absolute Gasteiger partial charge is 0.462 e. The number of alkyl halides is 3. The molecular formula is C32H46F3NO6. The van der Waals surface area contributed by atoms with Crippen LogP contribution in [0.4, 0.5) is 13.2 Å². The van der Waals surface area contributed by atoms with Gasteiger partial charge in [-0.1, -0.05) is 56.3 Å². The molecule has 2 aromatic rings. The Hall–Kier alpha value is -2.50. The van der Waals surface area contributed by atoms with Crippen LogP contribution in [0.15, 0.2) is 54.6 Å². The van der Waals surface area contributed by atoms with Crippen LogP contribution >= 0.6 is 0 Å². The molecule has 42 heavy (non-hydrogen) atoms. The molecule has 0 aliphatic rings. The Morgan fingerprint density at radius 2 is 1.33 bits per heavy atom. The molecular weight excluding hydrogens is 551 g/mol. The smallest absolute Gasteiger partial charge is 0.416 e. The second-order valence-electron chi connectivity index (χ2n) is 11.2. The van der Waals surface area contributed by atoms with Gasteiger partial charge in [-0.15, -0.1) is 0 Å². The van der Waals surface area contributed by atoms with Crippen molar-refractivity contribution < 1.29 is 41.8 Å². The minimum Gasteiger partial charge on any atom is -0.462 e. The number of benzene rings is 2. The zero-order valence-corrected chi connectivity index (χ0v) is 26.0. The highest BCUT2D eigenvalue weighted by atomic mass is 19.4. The molecule has 0 heterocycles. The molecule has 236 valence electrons. The van der Waals surface area contributed by atoms with Crippen LogP contribution in [0.5, 0.6) is 0 Å². The number of esters is 1. The van der Waals surface area contributed by atoms with Gasteiger partial charge in [0.2, 0.25) is 0 Å². The van der Waals surface area contributed by atoms with Crippen molar-refractivity contribution in [3.63, 3.8) is 0 Å². The molecule has 0 aromatic heterocycles. The molecule has 10 heteroatoms. The summed E-state index contributed by atoms with van der Waals surface area (Å²) in [6.07, 6.45) is -5.43. The highest BCUT2D eigenvalue weighted by Crippen LogP contribution is 2.39. The predicted molar refractivity (Wildman–Crippen MR) is 154 cm³/mol. The maximum atomic E-state index is 13.3. The molecule has 0 amide bonds. The van der Waals surface area contributed by atoms with Gasteiger partial charge in [0.05, 0.1) is 11.6 Å². The van der Waals surface area contributed by atoms with Crippen LogP contribution in [0, 0.1) is 5.92 Å². The molecule has 2 atom stereocenters. The van der Waals surface area contributed by atoms with E-state index >= 15 is 0 Å². The zero-order chi connectivity index (χ0) is 31.6. The topological polar surface area (TPSA) is 66.5 Å². The van der Waals surface area contributed by atoms with Crippen molar-refractivity contribution in [1.82, 2.24) is 5.06 Å². The van der Waals surface area contributed by atoms with E-state index in [1.165, 1.54) is 12.1 Å². The number of rotatable bonds is 16. The summed E-state index contributed by atoms with van der Waals surface area (Å²) < 4.78 is 62.5. The molecule has 7 nitrogen and oxygen atoms in total. The van der Waals surface area contributed by atoms with Crippen LogP contribution in [-0.2, 0) is 34.8 Å². The molecule has 0 radical (unpaired) electrons. The Balaban J connectivity index is 2.39. The van der Waals surface area contributed by atoms with E-state index in [0.29, 0.717) is 5.56 Å². The SMILES string of the molecule is CCOC(CC(=O)OCC(ON(C(c1ccc(C(F)(F)F)cc1)C(C)C)C(C)(C)C)c1ccccc1)(OCC)OCC. The first-order chi connectivity index (χ1) is 19.7. The summed E-state index contributed by atoms with van der Waals surface area (Å²) in [4.78, 5) is 19.7. The van der Waals surface area contributed by atoms with Crippen LogP contribution in [0.1, 0.15) is 90.6 Å². The lowest BCUT2D eigenvalue weighted by molar-refractivity contribution is -0.376. The maximum absolute atomic E-state index is 13.3. The highest BCUT2D eigenvalue weighted by Gasteiger charge is 2.39. The standard InChI is InChI=1S/C32H46F3NO6/c1-9-39-31(40-10-2,41-11-3)21-28(37)38-22-27(24-15-13-12-14-16-24)42-36(30(6,7)8)29(23(4)5)25-17-19-26(20-18-25)32(33,34)35/h12-20,23,27,29H,9-11,21-22H2,1-8H3. The van der Waals surface area contributed by atoms with E-state index in [9.17, 15) is 18.0 Å². The number of hydroxylamine groups is 2. The number of hydrogen-bond donors (Lipinski definition) is 0. The monoisotopic (exact) mass is 597 g/mol. The molecule has 0 N–H and O–H groups in total. The van der Waals surface area contributed by atoms with Crippen molar-refractivity contribution in [2.45, 2.75) is 91.6 Å². The van der Waals surface area contributed by atoms with Crippen LogP contribution in [0.3, 0.4) is 0 Å². The second kappa shape index (κ2) is 15.8.